The maximum Gasteiger partial charge on any atom is 0.155 e. The molecular weight excluding hydrogens is 334 g/mol. The number of hydrogen-bond acceptors (Lipinski definition) is 6. The Morgan fingerprint density at radius 3 is 3.09 bits per heavy atom. The smallest absolute Gasteiger partial charge is 0.155 e. The van der Waals surface area contributed by atoms with Crippen LogP contribution in [0.1, 0.15) is 0 Å². The minimum Gasteiger partial charge on any atom is -0.494 e. The van der Waals surface area contributed by atoms with Gasteiger partial charge in [-0.05, 0) is 6.07 Å². The molecule has 0 saturated carbocycles. The Labute approximate surface area is 142 Å². The highest BCUT2D eigenvalue weighted by molar-refractivity contribution is 7.99. The Balaban J connectivity index is 1.98. The number of hydrogen-bond donors (Lipinski definition) is 2. The van der Waals surface area contributed by atoms with Gasteiger partial charge < -0.3 is 15.8 Å². The molecule has 0 fully saturated rings. The SMILES string of the molecule is COc1cc2c(cc1-n1nc(N)c3cnc(Cl)cc31)SCCN2. The fraction of sp³-hybridized carbons (Fsp3) is 0.200. The number of pyridine rings is 1. The van der Waals surface area contributed by atoms with Crippen molar-refractivity contribution in [3.8, 4) is 11.4 Å². The van der Waals surface area contributed by atoms with Crippen molar-refractivity contribution in [2.24, 2.45) is 0 Å². The molecule has 1 aliphatic rings. The number of aromatic nitrogens is 3. The molecule has 3 N–H and O–H groups in total. The second kappa shape index (κ2) is 5.50. The number of halogens is 1. The summed E-state index contributed by atoms with van der Waals surface area (Å²) in [5.74, 6) is 2.15. The Morgan fingerprint density at radius 2 is 2.26 bits per heavy atom. The molecule has 0 radical (unpaired) electrons. The van der Waals surface area contributed by atoms with Gasteiger partial charge in [-0.1, -0.05) is 11.6 Å². The second-order valence-corrected chi connectivity index (χ2v) is 6.64. The van der Waals surface area contributed by atoms with Crippen LogP contribution in [0.2, 0.25) is 5.15 Å². The summed E-state index contributed by atoms with van der Waals surface area (Å²) in [6.07, 6.45) is 1.64. The highest BCUT2D eigenvalue weighted by Crippen LogP contribution is 2.39. The van der Waals surface area contributed by atoms with Gasteiger partial charge in [-0.25, -0.2) is 9.67 Å². The molecule has 4 rings (SSSR count). The van der Waals surface area contributed by atoms with Gasteiger partial charge >= 0.3 is 0 Å². The minimum atomic E-state index is 0.395. The van der Waals surface area contributed by atoms with Crippen LogP contribution in [0.3, 0.4) is 0 Å². The van der Waals surface area contributed by atoms with Crippen LogP contribution < -0.4 is 15.8 Å². The number of fused-ring (bicyclic) bond motifs is 2. The maximum absolute atomic E-state index is 6.04. The molecule has 0 unspecified atom stereocenters. The van der Waals surface area contributed by atoms with Gasteiger partial charge in [-0.2, -0.15) is 0 Å². The number of thioether (sulfide) groups is 1. The van der Waals surface area contributed by atoms with E-state index in [1.807, 2.05) is 6.07 Å². The van der Waals surface area contributed by atoms with Crippen molar-refractivity contribution in [3.05, 3.63) is 29.5 Å². The van der Waals surface area contributed by atoms with Crippen molar-refractivity contribution in [2.75, 3.05) is 30.5 Å². The summed E-state index contributed by atoms with van der Waals surface area (Å²) >= 11 is 7.84. The lowest BCUT2D eigenvalue weighted by Gasteiger charge is -2.20. The van der Waals surface area contributed by atoms with E-state index in [4.69, 9.17) is 22.1 Å². The van der Waals surface area contributed by atoms with Crippen LogP contribution >= 0.6 is 23.4 Å². The molecule has 8 heteroatoms. The lowest BCUT2D eigenvalue weighted by molar-refractivity contribution is 0.412. The molecule has 0 spiro atoms. The third kappa shape index (κ3) is 2.36. The molecule has 2 aromatic heterocycles. The average Bonchev–Trinajstić information content (AvgIpc) is 2.89. The van der Waals surface area contributed by atoms with E-state index in [9.17, 15) is 0 Å². The number of benzene rings is 1. The van der Waals surface area contributed by atoms with E-state index in [1.54, 1.807) is 35.8 Å². The van der Waals surface area contributed by atoms with Gasteiger partial charge in [-0.15, -0.1) is 16.9 Å². The second-order valence-electron chi connectivity index (χ2n) is 5.12. The van der Waals surface area contributed by atoms with Crippen molar-refractivity contribution in [3.63, 3.8) is 0 Å². The Kier molecular flexibility index (Phi) is 3.46. The van der Waals surface area contributed by atoms with Crippen molar-refractivity contribution in [2.45, 2.75) is 4.90 Å². The number of nitrogens with zero attached hydrogens (tertiary/aromatic N) is 3. The summed E-state index contributed by atoms with van der Waals surface area (Å²) in [5, 5.41) is 8.98. The predicted octanol–water partition coefficient (Wildman–Crippen LogP) is 3.18. The lowest BCUT2D eigenvalue weighted by Crippen LogP contribution is -2.11. The zero-order chi connectivity index (χ0) is 16.0. The fourth-order valence-electron chi connectivity index (χ4n) is 2.67. The van der Waals surface area contributed by atoms with E-state index in [1.165, 1.54) is 0 Å². The molecule has 1 aliphatic heterocycles. The third-order valence-electron chi connectivity index (χ3n) is 3.74. The van der Waals surface area contributed by atoms with Crippen LogP contribution in [0.5, 0.6) is 5.75 Å². The van der Waals surface area contributed by atoms with Gasteiger partial charge in [0.2, 0.25) is 0 Å². The first-order valence-corrected chi connectivity index (χ1v) is 8.42. The normalized spacial score (nSPS) is 13.7. The summed E-state index contributed by atoms with van der Waals surface area (Å²) in [7, 11) is 1.64. The summed E-state index contributed by atoms with van der Waals surface area (Å²) in [5.41, 5.74) is 8.72. The third-order valence-corrected chi connectivity index (χ3v) is 5.01. The average molecular weight is 348 g/mol. The molecule has 3 heterocycles. The number of rotatable bonds is 2. The van der Waals surface area contributed by atoms with E-state index in [2.05, 4.69) is 21.5 Å². The predicted molar refractivity (Wildman–Crippen MR) is 94.1 cm³/mol. The van der Waals surface area contributed by atoms with Crippen molar-refractivity contribution >= 4 is 45.8 Å². The molecule has 6 nitrogen and oxygen atoms in total. The number of nitrogen functional groups attached to an aromatic ring is 1. The van der Waals surface area contributed by atoms with Gasteiger partial charge in [0, 0.05) is 35.5 Å². The van der Waals surface area contributed by atoms with Gasteiger partial charge in [-0.3, -0.25) is 0 Å². The van der Waals surface area contributed by atoms with Gasteiger partial charge in [0.15, 0.2) is 5.82 Å². The lowest BCUT2D eigenvalue weighted by atomic mass is 10.2. The summed E-state index contributed by atoms with van der Waals surface area (Å²) in [6.45, 7) is 0.944. The standard InChI is InChI=1S/C15H14ClN5OS/c1-22-12-4-9-13(23-3-2-18-9)5-11(12)21-10-6-14(16)19-7-8(10)15(17)20-21/h4-7,18H,2-3H2,1H3,(H2,17,20). The van der Waals surface area contributed by atoms with Crippen molar-refractivity contribution < 1.29 is 4.74 Å². The zero-order valence-electron chi connectivity index (χ0n) is 12.3. The van der Waals surface area contributed by atoms with E-state index < -0.39 is 0 Å². The van der Waals surface area contributed by atoms with Crippen LogP contribution in [0.15, 0.2) is 29.3 Å². The Bertz CT molecular complexity index is 911. The summed E-state index contributed by atoms with van der Waals surface area (Å²) < 4.78 is 7.31. The van der Waals surface area contributed by atoms with Gasteiger partial charge in [0.25, 0.3) is 0 Å². The largest absolute Gasteiger partial charge is 0.494 e. The number of methoxy groups -OCH3 is 1. The Hall–Kier alpha value is -2.12. The highest BCUT2D eigenvalue weighted by atomic mass is 35.5. The quantitative estimate of drug-likeness (QED) is 0.693. The monoisotopic (exact) mass is 347 g/mol. The van der Waals surface area contributed by atoms with Crippen molar-refractivity contribution in [1.82, 2.24) is 14.8 Å². The van der Waals surface area contributed by atoms with Gasteiger partial charge in [0.1, 0.15) is 16.6 Å². The van der Waals surface area contributed by atoms with Crippen molar-refractivity contribution in [1.29, 1.82) is 0 Å². The zero-order valence-corrected chi connectivity index (χ0v) is 13.9. The van der Waals surface area contributed by atoms with Crippen LogP contribution in [0.4, 0.5) is 11.5 Å². The molecule has 0 atom stereocenters. The molecule has 3 aromatic rings. The fourth-order valence-corrected chi connectivity index (χ4v) is 3.73. The Morgan fingerprint density at radius 1 is 1.39 bits per heavy atom. The van der Waals surface area contributed by atoms with Gasteiger partial charge in [0.05, 0.1) is 23.7 Å². The number of nitrogens with two attached hydrogens (primary N) is 1. The molecule has 0 amide bonds. The molecule has 0 saturated heterocycles. The molecule has 0 bridgehead atoms. The first-order valence-electron chi connectivity index (χ1n) is 7.06. The summed E-state index contributed by atoms with van der Waals surface area (Å²) in [6, 6.07) is 5.80. The minimum absolute atomic E-state index is 0.395. The van der Waals surface area contributed by atoms with Crippen LogP contribution in [-0.4, -0.2) is 34.2 Å². The molecule has 118 valence electrons. The number of ether oxygens (including phenoxy) is 1. The van der Waals surface area contributed by atoms with E-state index >= 15 is 0 Å². The summed E-state index contributed by atoms with van der Waals surface area (Å²) in [4.78, 5) is 5.24. The van der Waals surface area contributed by atoms with E-state index in [0.717, 1.165) is 45.2 Å². The maximum atomic E-state index is 6.04. The molecule has 0 aliphatic carbocycles. The van der Waals surface area contributed by atoms with Crippen LogP contribution in [0, 0.1) is 0 Å². The van der Waals surface area contributed by atoms with E-state index in [0.29, 0.717) is 11.0 Å². The molecular formula is C15H14ClN5OS. The first-order chi connectivity index (χ1) is 11.2. The molecule has 23 heavy (non-hydrogen) atoms. The van der Waals surface area contributed by atoms with Crippen LogP contribution in [0.25, 0.3) is 16.6 Å². The van der Waals surface area contributed by atoms with Crippen LogP contribution in [-0.2, 0) is 0 Å². The highest BCUT2D eigenvalue weighted by Gasteiger charge is 2.19. The molecule has 1 aromatic carbocycles. The number of anilines is 2. The number of nitrogens with one attached hydrogen (secondary N) is 1. The topological polar surface area (TPSA) is 78.0 Å². The first kappa shape index (κ1) is 14.5. The van der Waals surface area contributed by atoms with E-state index in [-0.39, 0.29) is 0 Å².